The summed E-state index contributed by atoms with van der Waals surface area (Å²) in [6, 6.07) is 18.2. The lowest BCUT2D eigenvalue weighted by molar-refractivity contribution is 0.171. The van der Waals surface area contributed by atoms with Gasteiger partial charge in [-0.1, -0.05) is 29.8 Å². The SMILES string of the molecule is COc1cc(CNc2ccc3c(c2)OCCO3)cc(Br)c1OCc1cccc(C)c1. The number of nitrogens with one attached hydrogen (secondary N) is 1. The van der Waals surface area contributed by atoms with Crippen LogP contribution in [0.5, 0.6) is 23.0 Å². The van der Waals surface area contributed by atoms with Crippen molar-refractivity contribution in [1.82, 2.24) is 0 Å². The first kappa shape index (κ1) is 20.4. The quantitative estimate of drug-likeness (QED) is 0.478. The van der Waals surface area contributed by atoms with Crippen LogP contribution in [0.25, 0.3) is 0 Å². The Labute approximate surface area is 185 Å². The second-order valence-corrected chi connectivity index (χ2v) is 7.95. The maximum Gasteiger partial charge on any atom is 0.175 e. The number of hydrogen-bond acceptors (Lipinski definition) is 5. The molecule has 4 rings (SSSR count). The van der Waals surface area contributed by atoms with Crippen molar-refractivity contribution in [3.63, 3.8) is 0 Å². The minimum atomic E-state index is 0.478. The summed E-state index contributed by atoms with van der Waals surface area (Å²) in [4.78, 5) is 0. The summed E-state index contributed by atoms with van der Waals surface area (Å²) in [5, 5.41) is 3.42. The van der Waals surface area contributed by atoms with Gasteiger partial charge in [0.25, 0.3) is 0 Å². The summed E-state index contributed by atoms with van der Waals surface area (Å²) in [7, 11) is 1.65. The van der Waals surface area contributed by atoms with Gasteiger partial charge in [0.2, 0.25) is 0 Å². The molecule has 156 valence electrons. The van der Waals surface area contributed by atoms with Crippen LogP contribution < -0.4 is 24.3 Å². The highest BCUT2D eigenvalue weighted by molar-refractivity contribution is 9.10. The normalized spacial score (nSPS) is 12.4. The fraction of sp³-hybridized carbons (Fsp3) is 0.250. The number of ether oxygens (including phenoxy) is 4. The highest BCUT2D eigenvalue weighted by Gasteiger charge is 2.14. The third-order valence-corrected chi connectivity index (χ3v) is 5.38. The molecule has 0 spiro atoms. The van der Waals surface area contributed by atoms with Crippen molar-refractivity contribution < 1.29 is 18.9 Å². The van der Waals surface area contributed by atoms with E-state index in [0.717, 1.165) is 32.8 Å². The van der Waals surface area contributed by atoms with Crippen LogP contribution in [0.2, 0.25) is 0 Å². The molecule has 6 heteroatoms. The Bertz CT molecular complexity index is 1040. The molecule has 1 N–H and O–H groups in total. The number of benzene rings is 3. The van der Waals surface area contributed by atoms with Crippen molar-refractivity contribution in [2.24, 2.45) is 0 Å². The van der Waals surface area contributed by atoms with Crippen LogP contribution >= 0.6 is 15.9 Å². The van der Waals surface area contributed by atoms with E-state index < -0.39 is 0 Å². The van der Waals surface area contributed by atoms with Crippen molar-refractivity contribution >= 4 is 21.6 Å². The molecule has 30 heavy (non-hydrogen) atoms. The van der Waals surface area contributed by atoms with E-state index in [2.05, 4.69) is 46.4 Å². The lowest BCUT2D eigenvalue weighted by Gasteiger charge is -2.19. The van der Waals surface area contributed by atoms with Crippen molar-refractivity contribution in [3.05, 3.63) is 75.8 Å². The molecule has 5 nitrogen and oxygen atoms in total. The van der Waals surface area contributed by atoms with Gasteiger partial charge in [-0.3, -0.25) is 0 Å². The van der Waals surface area contributed by atoms with Gasteiger partial charge < -0.3 is 24.3 Å². The van der Waals surface area contributed by atoms with Gasteiger partial charge in [0.05, 0.1) is 11.6 Å². The Morgan fingerprint density at radius 2 is 1.80 bits per heavy atom. The molecule has 3 aromatic rings. The molecule has 0 aliphatic carbocycles. The zero-order valence-electron chi connectivity index (χ0n) is 17.0. The van der Waals surface area contributed by atoms with E-state index in [4.69, 9.17) is 18.9 Å². The number of halogens is 1. The summed E-state index contributed by atoms with van der Waals surface area (Å²) < 4.78 is 23.7. The lowest BCUT2D eigenvalue weighted by atomic mass is 10.1. The molecular formula is C24H24BrNO4. The molecule has 1 aliphatic rings. The molecule has 0 saturated carbocycles. The third kappa shape index (κ3) is 4.82. The van der Waals surface area contributed by atoms with Gasteiger partial charge in [-0.05, 0) is 58.2 Å². The monoisotopic (exact) mass is 469 g/mol. The minimum absolute atomic E-state index is 0.478. The zero-order valence-corrected chi connectivity index (χ0v) is 18.6. The topological polar surface area (TPSA) is 49.0 Å². The smallest absolute Gasteiger partial charge is 0.175 e. The zero-order chi connectivity index (χ0) is 20.9. The van der Waals surface area contributed by atoms with E-state index >= 15 is 0 Å². The van der Waals surface area contributed by atoms with Crippen molar-refractivity contribution in [1.29, 1.82) is 0 Å². The Balaban J connectivity index is 1.45. The predicted molar refractivity (Wildman–Crippen MR) is 121 cm³/mol. The maximum absolute atomic E-state index is 6.06. The molecule has 0 aromatic heterocycles. The van der Waals surface area contributed by atoms with Crippen LogP contribution in [-0.2, 0) is 13.2 Å². The number of hydrogen-bond donors (Lipinski definition) is 1. The minimum Gasteiger partial charge on any atom is -0.493 e. The molecule has 0 radical (unpaired) electrons. The second kappa shape index (κ2) is 9.30. The molecule has 0 saturated heterocycles. The van der Waals surface area contributed by atoms with Crippen LogP contribution in [-0.4, -0.2) is 20.3 Å². The number of rotatable bonds is 7. The second-order valence-electron chi connectivity index (χ2n) is 7.10. The first-order valence-corrected chi connectivity index (χ1v) is 10.6. The van der Waals surface area contributed by atoms with Gasteiger partial charge >= 0.3 is 0 Å². The molecule has 0 bridgehead atoms. The number of anilines is 1. The highest BCUT2D eigenvalue weighted by atomic mass is 79.9. The molecule has 0 atom stereocenters. The number of fused-ring (bicyclic) bond motifs is 1. The molecule has 0 fully saturated rings. The molecule has 0 amide bonds. The Morgan fingerprint density at radius 3 is 2.60 bits per heavy atom. The van der Waals surface area contributed by atoms with Crippen LogP contribution in [0.3, 0.4) is 0 Å². The van der Waals surface area contributed by atoms with Gasteiger partial charge in [0, 0.05) is 18.3 Å². The average Bonchev–Trinajstić information content (AvgIpc) is 2.76. The summed E-state index contributed by atoms with van der Waals surface area (Å²) in [6.07, 6.45) is 0. The predicted octanol–water partition coefficient (Wildman–Crippen LogP) is 5.73. The van der Waals surface area contributed by atoms with Crippen molar-refractivity contribution in [2.75, 3.05) is 25.6 Å². The maximum atomic E-state index is 6.06. The lowest BCUT2D eigenvalue weighted by Crippen LogP contribution is -2.15. The van der Waals surface area contributed by atoms with Crippen molar-refractivity contribution in [2.45, 2.75) is 20.1 Å². The third-order valence-electron chi connectivity index (χ3n) is 4.79. The summed E-state index contributed by atoms with van der Waals surface area (Å²) >= 11 is 3.63. The Kier molecular flexibility index (Phi) is 6.33. The first-order valence-electron chi connectivity index (χ1n) is 9.80. The van der Waals surface area contributed by atoms with Crippen LogP contribution in [0, 0.1) is 6.92 Å². The van der Waals surface area contributed by atoms with E-state index in [1.165, 1.54) is 5.56 Å². The van der Waals surface area contributed by atoms with Gasteiger partial charge in [0.15, 0.2) is 23.0 Å². The molecular weight excluding hydrogens is 446 g/mol. The number of methoxy groups -OCH3 is 1. The molecule has 3 aromatic carbocycles. The van der Waals surface area contributed by atoms with Crippen molar-refractivity contribution in [3.8, 4) is 23.0 Å². The summed E-state index contributed by atoms with van der Waals surface area (Å²) in [5.41, 5.74) is 4.36. The summed E-state index contributed by atoms with van der Waals surface area (Å²) in [6.45, 7) is 4.35. The van der Waals surface area contributed by atoms with E-state index in [9.17, 15) is 0 Å². The van der Waals surface area contributed by atoms with Crippen LogP contribution in [0.1, 0.15) is 16.7 Å². The fourth-order valence-electron chi connectivity index (χ4n) is 3.33. The summed E-state index contributed by atoms with van der Waals surface area (Å²) in [5.74, 6) is 2.94. The standard InChI is InChI=1S/C24H24BrNO4/c1-16-4-3-5-17(10-16)15-30-24-20(25)11-18(12-23(24)27-2)14-26-19-6-7-21-22(13-19)29-9-8-28-21/h3-7,10-13,26H,8-9,14-15H2,1-2H3. The average molecular weight is 470 g/mol. The van der Waals surface area contributed by atoms with E-state index in [0.29, 0.717) is 37.9 Å². The van der Waals surface area contributed by atoms with Gasteiger partial charge in [0.1, 0.15) is 19.8 Å². The largest absolute Gasteiger partial charge is 0.493 e. The first-order chi connectivity index (χ1) is 14.6. The van der Waals surface area contributed by atoms with E-state index in [1.54, 1.807) is 7.11 Å². The molecule has 0 unspecified atom stereocenters. The highest BCUT2D eigenvalue weighted by Crippen LogP contribution is 2.38. The van der Waals surface area contributed by atoms with E-state index in [1.807, 2.05) is 36.4 Å². The van der Waals surface area contributed by atoms with Gasteiger partial charge in [-0.25, -0.2) is 0 Å². The Hall–Kier alpha value is -2.86. The number of aryl methyl sites for hydroxylation is 1. The van der Waals surface area contributed by atoms with Crippen LogP contribution in [0.15, 0.2) is 59.1 Å². The molecule has 1 aliphatic heterocycles. The molecule has 1 heterocycles. The van der Waals surface area contributed by atoms with Gasteiger partial charge in [-0.2, -0.15) is 0 Å². The van der Waals surface area contributed by atoms with E-state index in [-0.39, 0.29) is 0 Å². The van der Waals surface area contributed by atoms with Gasteiger partial charge in [-0.15, -0.1) is 0 Å². The van der Waals surface area contributed by atoms with Crippen LogP contribution in [0.4, 0.5) is 5.69 Å². The fourth-order valence-corrected chi connectivity index (χ4v) is 3.93. The Morgan fingerprint density at radius 1 is 0.967 bits per heavy atom.